The molecular formula is C11H17N3O4S. The zero-order chi connectivity index (χ0) is 13.9. The summed E-state index contributed by atoms with van der Waals surface area (Å²) < 4.78 is 31.2. The maximum atomic E-state index is 12.3. The summed E-state index contributed by atoms with van der Waals surface area (Å²) in [6, 6.07) is 3.14. The van der Waals surface area contributed by atoms with Gasteiger partial charge in [0.05, 0.1) is 20.3 Å². The van der Waals surface area contributed by atoms with E-state index in [1.807, 2.05) is 0 Å². The van der Waals surface area contributed by atoms with Crippen molar-refractivity contribution in [1.29, 1.82) is 0 Å². The first kappa shape index (κ1) is 14.2. The van der Waals surface area contributed by atoms with Crippen LogP contribution in [0.4, 0.5) is 5.82 Å². The smallest absolute Gasteiger partial charge is 0.244 e. The Hall–Kier alpha value is -1.22. The first-order chi connectivity index (χ1) is 9.05. The monoisotopic (exact) mass is 287 g/mol. The maximum absolute atomic E-state index is 12.3. The van der Waals surface area contributed by atoms with E-state index >= 15 is 0 Å². The third-order valence-electron chi connectivity index (χ3n) is 2.93. The number of nitrogens with zero attached hydrogens (tertiary/aromatic N) is 3. The van der Waals surface area contributed by atoms with Gasteiger partial charge in [-0.1, -0.05) is 0 Å². The predicted molar refractivity (Wildman–Crippen MR) is 69.2 cm³/mol. The Morgan fingerprint density at radius 2 is 2.05 bits per heavy atom. The van der Waals surface area contributed by atoms with Gasteiger partial charge in [0.2, 0.25) is 10.0 Å². The Morgan fingerprint density at radius 3 is 2.58 bits per heavy atom. The molecule has 1 aliphatic rings. The van der Waals surface area contributed by atoms with Crippen LogP contribution in [0.1, 0.15) is 0 Å². The van der Waals surface area contributed by atoms with Crippen LogP contribution in [0.3, 0.4) is 0 Å². The number of anilines is 1. The highest BCUT2D eigenvalue weighted by molar-refractivity contribution is 7.89. The Morgan fingerprint density at radius 1 is 1.37 bits per heavy atom. The highest BCUT2D eigenvalue weighted by atomic mass is 32.2. The van der Waals surface area contributed by atoms with Crippen molar-refractivity contribution in [2.75, 3.05) is 45.5 Å². The van der Waals surface area contributed by atoms with Gasteiger partial charge in [0, 0.05) is 26.3 Å². The minimum atomic E-state index is -3.48. The first-order valence-corrected chi connectivity index (χ1v) is 7.31. The lowest BCUT2D eigenvalue weighted by Gasteiger charge is -2.26. The lowest BCUT2D eigenvalue weighted by molar-refractivity contribution is 0.0730. The van der Waals surface area contributed by atoms with Crippen LogP contribution in [-0.2, 0) is 19.6 Å². The number of ether oxygens (including phenoxy) is 1. The molecule has 0 aromatic carbocycles. The van der Waals surface area contributed by atoms with Gasteiger partial charge in [0.25, 0.3) is 0 Å². The summed E-state index contributed by atoms with van der Waals surface area (Å²) in [5, 5.41) is 1.45. The summed E-state index contributed by atoms with van der Waals surface area (Å²) >= 11 is 0. The van der Waals surface area contributed by atoms with E-state index in [0.717, 1.165) is 0 Å². The zero-order valence-corrected chi connectivity index (χ0v) is 11.8. The van der Waals surface area contributed by atoms with Crippen molar-refractivity contribution in [2.45, 2.75) is 4.90 Å². The molecule has 19 heavy (non-hydrogen) atoms. The minimum Gasteiger partial charge on any atom is -0.379 e. The maximum Gasteiger partial charge on any atom is 0.244 e. The largest absolute Gasteiger partial charge is 0.379 e. The molecule has 0 unspecified atom stereocenters. The number of morpholine rings is 1. The fraction of sp³-hybridized carbons (Fsp3) is 0.545. The molecule has 2 rings (SSSR count). The van der Waals surface area contributed by atoms with Gasteiger partial charge in [-0.15, -0.1) is 0 Å². The summed E-state index contributed by atoms with van der Waals surface area (Å²) in [5.41, 5.74) is 0. The van der Waals surface area contributed by atoms with E-state index in [4.69, 9.17) is 9.57 Å². The minimum absolute atomic E-state index is 0.183. The zero-order valence-electron chi connectivity index (χ0n) is 10.9. The second-order valence-corrected chi connectivity index (χ2v) is 5.99. The molecule has 0 radical (unpaired) electrons. The lowest BCUT2D eigenvalue weighted by atomic mass is 10.4. The van der Waals surface area contributed by atoms with E-state index in [1.165, 1.54) is 28.7 Å². The molecule has 1 fully saturated rings. The number of hydrogen-bond acceptors (Lipinski definition) is 6. The molecule has 8 heteroatoms. The van der Waals surface area contributed by atoms with Crippen molar-refractivity contribution in [2.24, 2.45) is 0 Å². The van der Waals surface area contributed by atoms with Crippen LogP contribution in [0.2, 0.25) is 0 Å². The Labute approximate surface area is 112 Å². The van der Waals surface area contributed by atoms with E-state index in [1.54, 1.807) is 13.1 Å². The predicted octanol–water partition coefficient (Wildman–Crippen LogP) is 0.100. The summed E-state index contributed by atoms with van der Waals surface area (Å²) in [4.78, 5) is 9.23. The normalized spacial score (nSPS) is 17.4. The standard InChI is InChI=1S/C11H17N3O4S/c1-13(17-2)11-4-3-10(9-12-11)19(15,16)14-5-7-18-8-6-14/h3-4,9H,5-8H2,1-2H3. The summed E-state index contributed by atoms with van der Waals surface area (Å²) in [6.07, 6.45) is 1.34. The van der Waals surface area contributed by atoms with E-state index in [2.05, 4.69) is 4.98 Å². The van der Waals surface area contributed by atoms with Gasteiger partial charge in [0.15, 0.2) is 5.82 Å². The SMILES string of the molecule is CON(C)c1ccc(S(=O)(=O)N2CCOCC2)cn1. The number of hydrogen-bond donors (Lipinski definition) is 0. The average Bonchev–Trinajstić information content (AvgIpc) is 2.47. The molecule has 0 bridgehead atoms. The Kier molecular flexibility index (Phi) is 4.35. The molecular weight excluding hydrogens is 270 g/mol. The van der Waals surface area contributed by atoms with Gasteiger partial charge in [-0.05, 0) is 12.1 Å². The summed E-state index contributed by atoms with van der Waals surface area (Å²) in [5.74, 6) is 0.545. The van der Waals surface area contributed by atoms with Gasteiger partial charge in [-0.3, -0.25) is 4.84 Å². The molecule has 1 aromatic heterocycles. The second kappa shape index (κ2) is 5.83. The highest BCUT2D eigenvalue weighted by Crippen LogP contribution is 2.18. The number of sulfonamides is 1. The number of pyridine rings is 1. The van der Waals surface area contributed by atoms with E-state index < -0.39 is 10.0 Å². The first-order valence-electron chi connectivity index (χ1n) is 5.87. The average molecular weight is 287 g/mol. The number of rotatable bonds is 4. The van der Waals surface area contributed by atoms with Gasteiger partial charge < -0.3 is 4.74 Å². The van der Waals surface area contributed by atoms with Crippen LogP contribution in [0.25, 0.3) is 0 Å². The van der Waals surface area contributed by atoms with E-state index in [-0.39, 0.29) is 4.90 Å². The van der Waals surface area contributed by atoms with Crippen molar-refractivity contribution < 1.29 is 18.0 Å². The molecule has 0 spiro atoms. The molecule has 7 nitrogen and oxygen atoms in total. The van der Waals surface area contributed by atoms with Crippen molar-refractivity contribution in [1.82, 2.24) is 9.29 Å². The van der Waals surface area contributed by atoms with Crippen LogP contribution in [0.5, 0.6) is 0 Å². The highest BCUT2D eigenvalue weighted by Gasteiger charge is 2.26. The fourth-order valence-electron chi connectivity index (χ4n) is 1.74. The summed E-state index contributed by atoms with van der Waals surface area (Å²) in [7, 11) is -0.273. The van der Waals surface area contributed by atoms with Crippen LogP contribution in [-0.4, -0.2) is 58.2 Å². The molecule has 2 heterocycles. The molecule has 1 saturated heterocycles. The molecule has 106 valence electrons. The van der Waals surface area contributed by atoms with Gasteiger partial charge in [-0.2, -0.15) is 4.31 Å². The van der Waals surface area contributed by atoms with Gasteiger partial charge >= 0.3 is 0 Å². The van der Waals surface area contributed by atoms with Crippen LogP contribution >= 0.6 is 0 Å². The fourth-order valence-corrected chi connectivity index (χ4v) is 3.09. The third-order valence-corrected chi connectivity index (χ3v) is 4.81. The van der Waals surface area contributed by atoms with Gasteiger partial charge in [0.1, 0.15) is 4.90 Å². The van der Waals surface area contributed by atoms with Crippen molar-refractivity contribution in [3.05, 3.63) is 18.3 Å². The molecule has 0 saturated carbocycles. The molecule has 0 amide bonds. The third kappa shape index (κ3) is 3.03. The molecule has 0 aliphatic carbocycles. The van der Waals surface area contributed by atoms with Crippen LogP contribution < -0.4 is 5.06 Å². The van der Waals surface area contributed by atoms with Gasteiger partial charge in [-0.25, -0.2) is 18.5 Å². The lowest BCUT2D eigenvalue weighted by Crippen LogP contribution is -2.40. The molecule has 0 N–H and O–H groups in total. The quantitative estimate of drug-likeness (QED) is 0.731. The Balaban J connectivity index is 2.21. The van der Waals surface area contributed by atoms with Crippen LogP contribution in [0, 0.1) is 0 Å². The number of hydroxylamine groups is 1. The molecule has 0 atom stereocenters. The molecule has 1 aromatic rings. The van der Waals surface area contributed by atoms with Crippen LogP contribution in [0.15, 0.2) is 23.2 Å². The van der Waals surface area contributed by atoms with Crippen molar-refractivity contribution in [3.63, 3.8) is 0 Å². The van der Waals surface area contributed by atoms with E-state index in [9.17, 15) is 8.42 Å². The second-order valence-electron chi connectivity index (χ2n) is 4.05. The van der Waals surface area contributed by atoms with Crippen molar-refractivity contribution in [3.8, 4) is 0 Å². The van der Waals surface area contributed by atoms with Crippen molar-refractivity contribution >= 4 is 15.8 Å². The van der Waals surface area contributed by atoms with E-state index in [0.29, 0.717) is 32.1 Å². The summed E-state index contributed by atoms with van der Waals surface area (Å²) in [6.45, 7) is 1.61. The number of aromatic nitrogens is 1. The topological polar surface area (TPSA) is 72.0 Å². The molecule has 1 aliphatic heterocycles. The Bertz CT molecular complexity index is 511.